The third-order valence-electron chi connectivity index (χ3n) is 2.06. The molecule has 1 heterocycles. The molecule has 2 N–H and O–H groups in total. The lowest BCUT2D eigenvalue weighted by Crippen LogP contribution is -2.32. The Bertz CT molecular complexity index is 336. The Morgan fingerprint density at radius 3 is 2.73 bits per heavy atom. The van der Waals surface area contributed by atoms with Gasteiger partial charge in [0.15, 0.2) is 0 Å². The van der Waals surface area contributed by atoms with Crippen molar-refractivity contribution in [2.45, 2.75) is 32.2 Å². The molecule has 1 aromatic heterocycles. The molecular weight excluding hydrogens is 194 g/mol. The highest BCUT2D eigenvalue weighted by Gasteiger charge is 2.14. The fourth-order valence-corrected chi connectivity index (χ4v) is 1.17. The van der Waals surface area contributed by atoms with Gasteiger partial charge >= 0.3 is 5.97 Å². The van der Waals surface area contributed by atoms with Gasteiger partial charge in [-0.05, 0) is 32.4 Å². The molecule has 1 aromatic rings. The monoisotopic (exact) mass is 211 g/mol. The molecule has 0 fully saturated rings. The van der Waals surface area contributed by atoms with E-state index in [-0.39, 0.29) is 11.3 Å². The molecule has 0 unspecified atom stereocenters. The van der Waals surface area contributed by atoms with Crippen LogP contribution in [0.3, 0.4) is 0 Å². The van der Waals surface area contributed by atoms with Gasteiger partial charge in [-0.15, -0.1) is 0 Å². The van der Waals surface area contributed by atoms with Crippen LogP contribution in [-0.2, 0) is 11.2 Å². The predicted molar refractivity (Wildman–Crippen MR) is 56.6 cm³/mol. The lowest BCUT2D eigenvalue weighted by molar-refractivity contribution is 0.0563. The van der Waals surface area contributed by atoms with Gasteiger partial charge in [-0.1, -0.05) is 0 Å². The largest absolute Gasteiger partial charge is 0.463 e. The molecule has 0 spiro atoms. The van der Waals surface area contributed by atoms with Crippen molar-refractivity contribution in [3.05, 3.63) is 23.7 Å². The van der Waals surface area contributed by atoms with Gasteiger partial charge in [0.1, 0.15) is 5.76 Å². The third-order valence-corrected chi connectivity index (χ3v) is 2.06. The van der Waals surface area contributed by atoms with E-state index >= 15 is 0 Å². The standard InChI is InChI=1S/C11H17NO3/c1-11(2,12)7-6-8-4-5-9(15-8)10(13)14-3/h4-5H,6-7,12H2,1-3H3. The maximum atomic E-state index is 11.1. The number of furan rings is 1. The van der Waals surface area contributed by atoms with Crippen LogP contribution >= 0.6 is 0 Å². The summed E-state index contributed by atoms with van der Waals surface area (Å²) in [5.41, 5.74) is 5.62. The van der Waals surface area contributed by atoms with Crippen LogP contribution in [0.25, 0.3) is 0 Å². The summed E-state index contributed by atoms with van der Waals surface area (Å²) in [5, 5.41) is 0. The highest BCUT2D eigenvalue weighted by Crippen LogP contribution is 2.14. The lowest BCUT2D eigenvalue weighted by atomic mass is 9.99. The first-order valence-electron chi connectivity index (χ1n) is 4.88. The second-order valence-corrected chi connectivity index (χ2v) is 4.25. The van der Waals surface area contributed by atoms with Crippen molar-refractivity contribution in [1.29, 1.82) is 0 Å². The van der Waals surface area contributed by atoms with Crippen LogP contribution in [0.1, 0.15) is 36.6 Å². The highest BCUT2D eigenvalue weighted by atomic mass is 16.5. The molecule has 0 aliphatic carbocycles. The number of esters is 1. The Morgan fingerprint density at radius 2 is 2.20 bits per heavy atom. The molecule has 0 amide bonds. The zero-order valence-corrected chi connectivity index (χ0v) is 9.37. The Labute approximate surface area is 89.4 Å². The van der Waals surface area contributed by atoms with Crippen molar-refractivity contribution >= 4 is 5.97 Å². The molecule has 0 saturated carbocycles. The average Bonchev–Trinajstić information content (AvgIpc) is 2.61. The molecule has 15 heavy (non-hydrogen) atoms. The van der Waals surface area contributed by atoms with Crippen LogP contribution < -0.4 is 5.73 Å². The lowest BCUT2D eigenvalue weighted by Gasteiger charge is -2.16. The molecular formula is C11H17NO3. The Kier molecular flexibility index (Phi) is 3.52. The van der Waals surface area contributed by atoms with Crippen molar-refractivity contribution in [2.24, 2.45) is 5.73 Å². The molecule has 84 valence electrons. The number of aryl methyl sites for hydroxylation is 1. The van der Waals surface area contributed by atoms with Crippen molar-refractivity contribution in [1.82, 2.24) is 0 Å². The first-order chi connectivity index (χ1) is 6.92. The predicted octanol–water partition coefficient (Wildman–Crippen LogP) is 1.74. The zero-order valence-electron chi connectivity index (χ0n) is 9.37. The fourth-order valence-electron chi connectivity index (χ4n) is 1.17. The quantitative estimate of drug-likeness (QED) is 0.770. The summed E-state index contributed by atoms with van der Waals surface area (Å²) in [5.74, 6) is 0.546. The maximum Gasteiger partial charge on any atom is 0.373 e. The van der Waals surface area contributed by atoms with Gasteiger partial charge in [-0.25, -0.2) is 4.79 Å². The Morgan fingerprint density at radius 1 is 1.53 bits per heavy atom. The molecule has 0 atom stereocenters. The molecule has 0 aromatic carbocycles. The van der Waals surface area contributed by atoms with Crippen molar-refractivity contribution in [3.8, 4) is 0 Å². The van der Waals surface area contributed by atoms with Crippen molar-refractivity contribution in [2.75, 3.05) is 7.11 Å². The normalized spacial score (nSPS) is 11.5. The molecule has 4 heteroatoms. The average molecular weight is 211 g/mol. The highest BCUT2D eigenvalue weighted by molar-refractivity contribution is 5.86. The van der Waals surface area contributed by atoms with Gasteiger partial charge in [0.2, 0.25) is 5.76 Å². The summed E-state index contributed by atoms with van der Waals surface area (Å²) < 4.78 is 9.84. The van der Waals surface area contributed by atoms with Gasteiger partial charge < -0.3 is 14.9 Å². The van der Waals surface area contributed by atoms with Crippen LogP contribution in [0, 0.1) is 0 Å². The summed E-state index contributed by atoms with van der Waals surface area (Å²) in [7, 11) is 1.33. The molecule has 0 saturated heterocycles. The molecule has 0 aliphatic rings. The first-order valence-corrected chi connectivity index (χ1v) is 4.88. The number of carbonyl (C=O) groups excluding carboxylic acids is 1. The summed E-state index contributed by atoms with van der Waals surface area (Å²) in [4.78, 5) is 11.1. The summed E-state index contributed by atoms with van der Waals surface area (Å²) >= 11 is 0. The molecule has 0 radical (unpaired) electrons. The van der Waals surface area contributed by atoms with Gasteiger partial charge in [0, 0.05) is 12.0 Å². The van der Waals surface area contributed by atoms with Gasteiger partial charge in [0.05, 0.1) is 7.11 Å². The number of hydrogen-bond acceptors (Lipinski definition) is 4. The zero-order chi connectivity index (χ0) is 11.5. The van der Waals surface area contributed by atoms with Crippen LogP contribution in [0.5, 0.6) is 0 Å². The Hall–Kier alpha value is -1.29. The van der Waals surface area contributed by atoms with E-state index in [1.165, 1.54) is 7.11 Å². The van der Waals surface area contributed by atoms with Crippen LogP contribution in [0.2, 0.25) is 0 Å². The maximum absolute atomic E-state index is 11.1. The van der Waals surface area contributed by atoms with Crippen LogP contribution in [0.4, 0.5) is 0 Å². The molecule has 0 bridgehead atoms. The van der Waals surface area contributed by atoms with E-state index in [9.17, 15) is 4.79 Å². The fraction of sp³-hybridized carbons (Fsp3) is 0.545. The van der Waals surface area contributed by atoms with Gasteiger partial charge in [-0.2, -0.15) is 0 Å². The van der Waals surface area contributed by atoms with Gasteiger partial charge in [-0.3, -0.25) is 0 Å². The number of rotatable bonds is 4. The van der Waals surface area contributed by atoms with Crippen molar-refractivity contribution in [3.63, 3.8) is 0 Å². The second-order valence-electron chi connectivity index (χ2n) is 4.25. The Balaban J connectivity index is 2.57. The van der Waals surface area contributed by atoms with E-state index < -0.39 is 5.97 Å². The molecule has 1 rings (SSSR count). The van der Waals surface area contributed by atoms with Crippen molar-refractivity contribution < 1.29 is 13.9 Å². The minimum absolute atomic E-state index is 0.224. The van der Waals surface area contributed by atoms with Crippen LogP contribution in [-0.4, -0.2) is 18.6 Å². The number of hydrogen-bond donors (Lipinski definition) is 1. The van der Waals surface area contributed by atoms with Crippen LogP contribution in [0.15, 0.2) is 16.5 Å². The number of ether oxygens (including phenoxy) is 1. The molecule has 0 aliphatic heterocycles. The number of nitrogens with two attached hydrogens (primary N) is 1. The number of methoxy groups -OCH3 is 1. The number of carbonyl (C=O) groups is 1. The summed E-state index contributed by atoms with van der Waals surface area (Å²) in [6, 6.07) is 3.39. The summed E-state index contributed by atoms with van der Waals surface area (Å²) in [6.45, 7) is 3.91. The van der Waals surface area contributed by atoms with E-state index in [1.54, 1.807) is 12.1 Å². The van der Waals surface area contributed by atoms with E-state index in [1.807, 2.05) is 13.8 Å². The smallest absolute Gasteiger partial charge is 0.373 e. The summed E-state index contributed by atoms with van der Waals surface area (Å²) in [6.07, 6.45) is 1.53. The molecule has 4 nitrogen and oxygen atoms in total. The van der Waals surface area contributed by atoms with Gasteiger partial charge in [0.25, 0.3) is 0 Å². The second kappa shape index (κ2) is 4.49. The van der Waals surface area contributed by atoms with E-state index in [0.29, 0.717) is 0 Å². The van der Waals surface area contributed by atoms with E-state index in [2.05, 4.69) is 4.74 Å². The van der Waals surface area contributed by atoms with E-state index in [4.69, 9.17) is 10.2 Å². The SMILES string of the molecule is COC(=O)c1ccc(CCC(C)(C)N)o1. The minimum atomic E-state index is -0.451. The first kappa shape index (κ1) is 11.8. The minimum Gasteiger partial charge on any atom is -0.463 e. The van der Waals surface area contributed by atoms with E-state index in [0.717, 1.165) is 18.6 Å². The third kappa shape index (κ3) is 3.75. The topological polar surface area (TPSA) is 65.5 Å².